The van der Waals surface area contributed by atoms with Crippen LogP contribution in [-0.2, 0) is 29.4 Å². The number of esters is 1. The first-order valence-corrected chi connectivity index (χ1v) is 9.88. The van der Waals surface area contributed by atoms with Gasteiger partial charge in [-0.2, -0.15) is 0 Å². The number of fused-ring (bicyclic) bond motifs is 2. The monoisotopic (exact) mass is 396 g/mol. The van der Waals surface area contributed by atoms with E-state index in [1.54, 1.807) is 13.2 Å². The first kappa shape index (κ1) is 18.4. The van der Waals surface area contributed by atoms with Gasteiger partial charge >= 0.3 is 5.97 Å². The molecular formula is C22H24N2O5. The number of aliphatic hydroxyl groups is 1. The van der Waals surface area contributed by atoms with Gasteiger partial charge in [-0.25, -0.2) is 4.79 Å². The van der Waals surface area contributed by atoms with Crippen LogP contribution in [0.4, 0.5) is 0 Å². The third kappa shape index (κ3) is 2.37. The van der Waals surface area contributed by atoms with Crippen molar-refractivity contribution < 1.29 is 19.4 Å². The third-order valence-electron chi connectivity index (χ3n) is 7.16. The standard InChI is InChI=1S/C22H24N2O5/c1-28-14-4-3-12-8-18-22(27)10-13-7-15(20(26)29-2)19(25)24-17(13)11-21(22,5-6-23-18)16(12)9-14/h3-4,7,9,18,23,27H,5-6,8,10-11H2,1-2H3,(H,24,25)/t18-,21-,22-/m1/s1. The Morgan fingerprint density at radius 2 is 2.03 bits per heavy atom. The van der Waals surface area contributed by atoms with Gasteiger partial charge in [0, 0.05) is 30.0 Å². The summed E-state index contributed by atoms with van der Waals surface area (Å²) < 4.78 is 10.2. The molecule has 152 valence electrons. The molecule has 1 fully saturated rings. The van der Waals surface area contributed by atoms with Gasteiger partial charge < -0.3 is 24.9 Å². The third-order valence-corrected chi connectivity index (χ3v) is 7.16. The van der Waals surface area contributed by atoms with E-state index in [4.69, 9.17) is 9.47 Å². The lowest BCUT2D eigenvalue weighted by Gasteiger charge is -2.61. The topological polar surface area (TPSA) is 101 Å². The lowest BCUT2D eigenvalue weighted by atomic mass is 9.50. The number of aromatic nitrogens is 1. The molecule has 0 amide bonds. The van der Waals surface area contributed by atoms with Crippen LogP contribution in [0, 0.1) is 0 Å². The summed E-state index contributed by atoms with van der Waals surface area (Å²) in [5.41, 5.74) is 1.85. The van der Waals surface area contributed by atoms with Crippen LogP contribution in [0.15, 0.2) is 29.1 Å². The van der Waals surface area contributed by atoms with Gasteiger partial charge in [0.05, 0.1) is 19.8 Å². The molecule has 0 unspecified atom stereocenters. The molecule has 3 N–H and O–H groups in total. The largest absolute Gasteiger partial charge is 0.497 e. The summed E-state index contributed by atoms with van der Waals surface area (Å²) in [6.45, 7) is 0.795. The van der Waals surface area contributed by atoms with Crippen molar-refractivity contribution in [1.82, 2.24) is 10.3 Å². The molecule has 7 nitrogen and oxygen atoms in total. The predicted molar refractivity (Wildman–Crippen MR) is 106 cm³/mol. The van der Waals surface area contributed by atoms with Crippen LogP contribution in [-0.4, -0.2) is 48.5 Å². The van der Waals surface area contributed by atoms with Crippen LogP contribution < -0.4 is 15.6 Å². The Bertz CT molecular complexity index is 1080. The Kier molecular flexibility index (Phi) is 3.92. The van der Waals surface area contributed by atoms with Crippen LogP contribution in [0.1, 0.15) is 39.2 Å². The maximum atomic E-state index is 12.5. The van der Waals surface area contributed by atoms with Crippen molar-refractivity contribution in [2.45, 2.75) is 42.7 Å². The Hall–Kier alpha value is -2.64. The minimum Gasteiger partial charge on any atom is -0.497 e. The SMILES string of the molecule is COC(=O)c1cc2c([nH]c1=O)C[C@]13CCN[C@H](Cc4ccc(OC)cc41)[C@]3(O)C2. The molecule has 0 radical (unpaired) electrons. The number of piperidine rings is 1. The van der Waals surface area contributed by atoms with E-state index in [2.05, 4.69) is 16.4 Å². The van der Waals surface area contributed by atoms with Crippen molar-refractivity contribution in [3.63, 3.8) is 0 Å². The van der Waals surface area contributed by atoms with Crippen LogP contribution in [0.25, 0.3) is 0 Å². The summed E-state index contributed by atoms with van der Waals surface area (Å²) in [5.74, 6) is 0.0937. The second-order valence-electron chi connectivity index (χ2n) is 8.35. The van der Waals surface area contributed by atoms with Gasteiger partial charge in [-0.15, -0.1) is 0 Å². The van der Waals surface area contributed by atoms with Crippen LogP contribution in [0.3, 0.4) is 0 Å². The number of ether oxygens (including phenoxy) is 2. The fourth-order valence-corrected chi connectivity index (χ4v) is 5.72. The summed E-state index contributed by atoms with van der Waals surface area (Å²) in [7, 11) is 2.89. The Labute approximate surface area is 168 Å². The Morgan fingerprint density at radius 1 is 1.21 bits per heavy atom. The van der Waals surface area contributed by atoms with Gasteiger partial charge in [-0.3, -0.25) is 4.79 Å². The fraction of sp³-hybridized carbons (Fsp3) is 0.455. The van der Waals surface area contributed by atoms with Crippen molar-refractivity contribution >= 4 is 5.97 Å². The smallest absolute Gasteiger partial charge is 0.343 e. The second kappa shape index (κ2) is 6.18. The molecular weight excluding hydrogens is 372 g/mol. The molecule has 2 bridgehead atoms. The number of carbonyl (C=O) groups is 1. The molecule has 1 aromatic carbocycles. The van der Waals surface area contributed by atoms with Gasteiger partial charge in [-0.05, 0) is 54.3 Å². The van der Waals surface area contributed by atoms with Gasteiger partial charge in [-0.1, -0.05) is 6.07 Å². The van der Waals surface area contributed by atoms with E-state index in [-0.39, 0.29) is 11.6 Å². The van der Waals surface area contributed by atoms with E-state index in [0.717, 1.165) is 42.0 Å². The van der Waals surface area contributed by atoms with Crippen molar-refractivity contribution in [2.75, 3.05) is 20.8 Å². The van der Waals surface area contributed by atoms with Crippen molar-refractivity contribution in [2.24, 2.45) is 0 Å². The number of benzene rings is 1. The van der Waals surface area contributed by atoms with Crippen molar-refractivity contribution in [1.29, 1.82) is 0 Å². The summed E-state index contributed by atoms with van der Waals surface area (Å²) in [4.78, 5) is 27.4. The van der Waals surface area contributed by atoms with Crippen LogP contribution in [0.2, 0.25) is 0 Å². The fourth-order valence-electron chi connectivity index (χ4n) is 5.72. The number of H-pyrrole nitrogens is 1. The second-order valence-corrected chi connectivity index (χ2v) is 8.35. The minimum absolute atomic E-state index is 0.0261. The molecule has 2 aromatic rings. The van der Waals surface area contributed by atoms with Gasteiger partial charge in [0.2, 0.25) is 0 Å². The molecule has 0 spiro atoms. The zero-order chi connectivity index (χ0) is 20.4. The highest BCUT2D eigenvalue weighted by Gasteiger charge is 2.62. The highest BCUT2D eigenvalue weighted by atomic mass is 16.5. The van der Waals surface area contributed by atoms with Gasteiger partial charge in [0.25, 0.3) is 5.56 Å². The van der Waals surface area contributed by atoms with Gasteiger partial charge in [0.15, 0.2) is 0 Å². The summed E-state index contributed by atoms with van der Waals surface area (Å²) >= 11 is 0. The molecule has 3 aliphatic rings. The molecule has 5 rings (SSSR count). The average molecular weight is 396 g/mol. The molecule has 7 heteroatoms. The molecule has 29 heavy (non-hydrogen) atoms. The maximum Gasteiger partial charge on any atom is 0.343 e. The maximum absolute atomic E-state index is 12.5. The number of pyridine rings is 1. The molecule has 1 aliphatic heterocycles. The number of rotatable bonds is 2. The number of hydrogen-bond donors (Lipinski definition) is 3. The molecule has 1 aromatic heterocycles. The lowest BCUT2D eigenvalue weighted by Crippen LogP contribution is -2.73. The van der Waals surface area contributed by atoms with Crippen LogP contribution >= 0.6 is 0 Å². The van der Waals surface area contributed by atoms with E-state index in [0.29, 0.717) is 12.8 Å². The zero-order valence-corrected chi connectivity index (χ0v) is 16.5. The average Bonchev–Trinajstić information content (AvgIpc) is 2.71. The molecule has 1 saturated heterocycles. The van der Waals surface area contributed by atoms with E-state index < -0.39 is 22.5 Å². The Balaban J connectivity index is 1.72. The first-order chi connectivity index (χ1) is 13.9. The van der Waals surface area contributed by atoms with Crippen molar-refractivity contribution in [3.05, 3.63) is 62.6 Å². The zero-order valence-electron chi connectivity index (χ0n) is 16.5. The summed E-state index contributed by atoms with van der Waals surface area (Å²) in [6.07, 6.45) is 2.34. The molecule has 3 atom stereocenters. The number of aromatic amines is 1. The highest BCUT2D eigenvalue weighted by molar-refractivity contribution is 5.89. The highest BCUT2D eigenvalue weighted by Crippen LogP contribution is 2.55. The number of hydrogen-bond acceptors (Lipinski definition) is 6. The molecule has 2 heterocycles. The van der Waals surface area contributed by atoms with E-state index in [9.17, 15) is 14.7 Å². The van der Waals surface area contributed by atoms with Crippen molar-refractivity contribution in [3.8, 4) is 5.75 Å². The van der Waals surface area contributed by atoms with Gasteiger partial charge in [0.1, 0.15) is 11.3 Å². The molecule has 0 saturated carbocycles. The van der Waals surface area contributed by atoms with E-state index in [1.165, 1.54) is 12.7 Å². The number of carbonyl (C=O) groups excluding carboxylic acids is 1. The normalized spacial score (nSPS) is 29.3. The Morgan fingerprint density at radius 3 is 2.79 bits per heavy atom. The molecule has 2 aliphatic carbocycles. The van der Waals surface area contributed by atoms with Crippen LogP contribution in [0.5, 0.6) is 5.75 Å². The number of nitrogens with one attached hydrogen (secondary N) is 2. The summed E-state index contributed by atoms with van der Waals surface area (Å²) in [6, 6.07) is 7.55. The lowest BCUT2D eigenvalue weighted by molar-refractivity contribution is -0.106. The first-order valence-electron chi connectivity index (χ1n) is 9.88. The number of methoxy groups -OCH3 is 2. The predicted octanol–water partition coefficient (Wildman–Crippen LogP) is 0.856. The van der Waals surface area contributed by atoms with E-state index >= 15 is 0 Å². The van der Waals surface area contributed by atoms with E-state index in [1.807, 2.05) is 12.1 Å². The quantitative estimate of drug-likeness (QED) is 0.651. The summed E-state index contributed by atoms with van der Waals surface area (Å²) in [5, 5.41) is 15.6. The minimum atomic E-state index is -1.02.